The van der Waals surface area contributed by atoms with E-state index in [9.17, 15) is 18.4 Å². The van der Waals surface area contributed by atoms with Crippen LogP contribution in [-0.2, 0) is 15.0 Å². The average Bonchev–Trinajstić information content (AvgIpc) is 3.32. The number of hydrogen-bond acceptors (Lipinski definition) is 3. The number of amides is 1. The minimum atomic E-state index is -1.55. The molecule has 2 aliphatic heterocycles. The largest absolute Gasteiger partial charge is 0.325 e. The molecule has 210 valence electrons. The third-order valence-electron chi connectivity index (χ3n) is 8.99. The fraction of sp³-hybridized carbons (Fsp3) is 0.548. The zero-order chi connectivity index (χ0) is 28.3. The summed E-state index contributed by atoms with van der Waals surface area (Å²) in [6, 6.07) is 5.00. The number of rotatable bonds is 5. The highest BCUT2D eigenvalue weighted by molar-refractivity contribution is 6.30. The highest BCUT2D eigenvalue weighted by Crippen LogP contribution is 2.57. The van der Waals surface area contributed by atoms with Gasteiger partial charge in [-0.3, -0.25) is 9.59 Å². The molecule has 4 atom stereocenters. The van der Waals surface area contributed by atoms with Gasteiger partial charge in [0.05, 0.1) is 11.1 Å². The van der Waals surface area contributed by atoms with Gasteiger partial charge in [0.15, 0.2) is 17.4 Å². The van der Waals surface area contributed by atoms with Crippen LogP contribution >= 0.6 is 11.6 Å². The minimum Gasteiger partial charge on any atom is -0.325 e. The van der Waals surface area contributed by atoms with Crippen LogP contribution in [0.5, 0.6) is 0 Å². The first-order chi connectivity index (χ1) is 18.3. The summed E-state index contributed by atoms with van der Waals surface area (Å²) in [5.74, 6) is -3.67. The van der Waals surface area contributed by atoms with Gasteiger partial charge in [-0.15, -0.1) is 0 Å². The van der Waals surface area contributed by atoms with Crippen molar-refractivity contribution in [2.75, 3.05) is 5.32 Å². The van der Waals surface area contributed by atoms with E-state index in [-0.39, 0.29) is 39.0 Å². The number of carbonyl (C=O) groups excluding carboxylic acids is 2. The van der Waals surface area contributed by atoms with Crippen molar-refractivity contribution in [3.63, 3.8) is 0 Å². The number of fused-ring (bicyclic) bond motifs is 2. The van der Waals surface area contributed by atoms with Gasteiger partial charge >= 0.3 is 0 Å². The van der Waals surface area contributed by atoms with Gasteiger partial charge in [0.25, 0.3) is 0 Å². The first kappa shape index (κ1) is 28.2. The van der Waals surface area contributed by atoms with Gasteiger partial charge in [-0.2, -0.15) is 0 Å². The van der Waals surface area contributed by atoms with Crippen LogP contribution in [0.25, 0.3) is 0 Å². The molecule has 1 saturated heterocycles. The van der Waals surface area contributed by atoms with Gasteiger partial charge in [-0.05, 0) is 59.8 Å². The van der Waals surface area contributed by atoms with Gasteiger partial charge in [0.2, 0.25) is 5.91 Å². The lowest BCUT2D eigenvalue weighted by atomic mass is 9.62. The standard InChI is InChI=1S/C31H36ClF3N2O2/c1-16-8-10-17(11-9-16)12-24(38)28-26(18-6-5-7-20(32)27(18)35)31(25(37-28)15-30(2,3)4)19-13-21(33)22(34)14-23(19)36-29(31)39/h5-7,13-14,16-17,25-26,28,37H,8-12,15H2,1-4H3,(H,36,39)/t16?,17?,25-,26-,28-,31+/m0/s1. The third-order valence-corrected chi connectivity index (χ3v) is 9.28. The minimum absolute atomic E-state index is 0.0986. The third kappa shape index (κ3) is 4.90. The van der Waals surface area contributed by atoms with Crippen LogP contribution in [0.2, 0.25) is 5.02 Å². The first-order valence-corrected chi connectivity index (χ1v) is 14.2. The van der Waals surface area contributed by atoms with Crippen molar-refractivity contribution in [2.24, 2.45) is 17.3 Å². The molecule has 1 saturated carbocycles. The number of nitrogens with one attached hydrogen (secondary N) is 2. The molecule has 1 amide bonds. The molecule has 0 unspecified atom stereocenters. The van der Waals surface area contributed by atoms with Gasteiger partial charge in [-0.1, -0.05) is 64.3 Å². The second-order valence-electron chi connectivity index (χ2n) is 13.0. The van der Waals surface area contributed by atoms with Gasteiger partial charge < -0.3 is 10.6 Å². The SMILES string of the molecule is CC1CCC(CC(=O)[C@@H]2N[C@@H](CC(C)(C)C)[C@@]3(C(=O)Nc4cc(F)c(F)cc43)[C@H]2c2cccc(Cl)c2F)CC1. The molecule has 0 aromatic heterocycles. The predicted octanol–water partition coefficient (Wildman–Crippen LogP) is 7.29. The summed E-state index contributed by atoms with van der Waals surface area (Å²) in [5.41, 5.74) is -1.36. The maximum absolute atomic E-state index is 15.8. The number of hydrogen-bond donors (Lipinski definition) is 2. The van der Waals surface area contributed by atoms with Crippen molar-refractivity contribution in [3.05, 3.63) is 63.9 Å². The number of halogens is 4. The highest BCUT2D eigenvalue weighted by Gasteiger charge is 2.66. The van der Waals surface area contributed by atoms with E-state index in [1.54, 1.807) is 12.1 Å². The zero-order valence-corrected chi connectivity index (χ0v) is 23.6. The lowest BCUT2D eigenvalue weighted by molar-refractivity contribution is -0.123. The smallest absolute Gasteiger partial charge is 0.237 e. The van der Waals surface area contributed by atoms with Crippen molar-refractivity contribution in [2.45, 2.75) is 89.6 Å². The molecule has 3 aliphatic rings. The van der Waals surface area contributed by atoms with E-state index < -0.39 is 46.8 Å². The molecule has 2 fully saturated rings. The van der Waals surface area contributed by atoms with Crippen LogP contribution in [0.1, 0.15) is 83.3 Å². The Morgan fingerprint density at radius 3 is 2.41 bits per heavy atom. The summed E-state index contributed by atoms with van der Waals surface area (Å²) in [6.07, 6.45) is 4.75. The van der Waals surface area contributed by atoms with Crippen LogP contribution in [0.3, 0.4) is 0 Å². The summed E-state index contributed by atoms with van der Waals surface area (Å²) in [5, 5.41) is 6.06. The molecular weight excluding hydrogens is 525 g/mol. The average molecular weight is 561 g/mol. The Balaban J connectivity index is 1.69. The number of ketones is 1. The lowest BCUT2D eigenvalue weighted by Crippen LogP contribution is -2.49. The Hall–Kier alpha value is -2.38. The molecule has 5 rings (SSSR count). The number of Topliss-reactive ketones (excluding diaryl/α,β-unsaturated/α-hetero) is 1. The topological polar surface area (TPSA) is 58.2 Å². The van der Waals surface area contributed by atoms with E-state index in [2.05, 4.69) is 17.6 Å². The molecule has 2 N–H and O–H groups in total. The molecule has 1 aliphatic carbocycles. The summed E-state index contributed by atoms with van der Waals surface area (Å²) in [7, 11) is 0. The van der Waals surface area contributed by atoms with E-state index in [0.717, 1.165) is 37.8 Å². The number of carbonyl (C=O) groups is 2. The molecule has 2 aromatic carbocycles. The Labute approximate surface area is 233 Å². The number of benzene rings is 2. The Bertz CT molecular complexity index is 1300. The molecule has 2 aromatic rings. The van der Waals surface area contributed by atoms with E-state index in [4.69, 9.17) is 11.6 Å². The van der Waals surface area contributed by atoms with Crippen LogP contribution in [0.15, 0.2) is 30.3 Å². The summed E-state index contributed by atoms with van der Waals surface area (Å²) in [4.78, 5) is 28.2. The second-order valence-corrected chi connectivity index (χ2v) is 13.4. The predicted molar refractivity (Wildman–Crippen MR) is 146 cm³/mol. The first-order valence-electron chi connectivity index (χ1n) is 13.9. The van der Waals surface area contributed by atoms with Crippen LogP contribution in [0.4, 0.5) is 18.9 Å². The van der Waals surface area contributed by atoms with Crippen molar-refractivity contribution in [3.8, 4) is 0 Å². The van der Waals surface area contributed by atoms with Crippen LogP contribution in [0, 0.1) is 34.7 Å². The quantitative estimate of drug-likeness (QED) is 0.403. The monoisotopic (exact) mass is 560 g/mol. The van der Waals surface area contributed by atoms with E-state index >= 15 is 4.39 Å². The fourth-order valence-electron chi connectivity index (χ4n) is 7.16. The highest BCUT2D eigenvalue weighted by atomic mass is 35.5. The van der Waals surface area contributed by atoms with E-state index in [1.165, 1.54) is 6.07 Å². The Morgan fingerprint density at radius 2 is 1.74 bits per heavy atom. The molecule has 4 nitrogen and oxygen atoms in total. The van der Waals surface area contributed by atoms with Gasteiger partial charge in [-0.25, -0.2) is 13.2 Å². The molecule has 8 heteroatoms. The molecule has 0 bridgehead atoms. The Kier molecular flexibility index (Phi) is 7.38. The van der Waals surface area contributed by atoms with Crippen molar-refractivity contribution in [1.29, 1.82) is 0 Å². The number of anilines is 1. The molecular formula is C31H36ClF3N2O2. The summed E-state index contributed by atoms with van der Waals surface area (Å²) in [6.45, 7) is 8.24. The van der Waals surface area contributed by atoms with E-state index in [1.807, 2.05) is 20.8 Å². The molecule has 0 radical (unpaired) electrons. The van der Waals surface area contributed by atoms with Gasteiger partial charge in [0.1, 0.15) is 11.2 Å². The lowest BCUT2D eigenvalue weighted by Gasteiger charge is -2.38. The zero-order valence-electron chi connectivity index (χ0n) is 22.8. The fourth-order valence-corrected chi connectivity index (χ4v) is 7.34. The Morgan fingerprint density at radius 1 is 1.08 bits per heavy atom. The van der Waals surface area contributed by atoms with Gasteiger partial charge in [0, 0.05) is 30.1 Å². The maximum Gasteiger partial charge on any atom is 0.237 e. The molecule has 1 spiro atoms. The molecule has 2 heterocycles. The van der Waals surface area contributed by atoms with Crippen LogP contribution in [-0.4, -0.2) is 23.8 Å². The van der Waals surface area contributed by atoms with E-state index in [0.29, 0.717) is 18.8 Å². The normalized spacial score (nSPS) is 30.5. The maximum atomic E-state index is 15.8. The van der Waals surface area contributed by atoms with Crippen molar-refractivity contribution >= 4 is 29.0 Å². The van der Waals surface area contributed by atoms with Crippen LogP contribution < -0.4 is 10.6 Å². The summed E-state index contributed by atoms with van der Waals surface area (Å²) >= 11 is 6.22. The van der Waals surface area contributed by atoms with Crippen molar-refractivity contribution < 1.29 is 22.8 Å². The molecule has 39 heavy (non-hydrogen) atoms. The second kappa shape index (κ2) is 10.2. The summed E-state index contributed by atoms with van der Waals surface area (Å²) < 4.78 is 44.9. The van der Waals surface area contributed by atoms with Crippen molar-refractivity contribution in [1.82, 2.24) is 5.32 Å².